The lowest BCUT2D eigenvalue weighted by molar-refractivity contribution is 0.133. The number of fused-ring (bicyclic) bond motifs is 3. The molecule has 4 aliphatic heterocycles. The van der Waals surface area contributed by atoms with Crippen LogP contribution in [-0.2, 0) is 17.8 Å². The number of halogens is 1. The highest BCUT2D eigenvalue weighted by Gasteiger charge is 2.53. The fourth-order valence-corrected chi connectivity index (χ4v) is 6.13. The fraction of sp³-hybridized carbons (Fsp3) is 0.500. The first-order valence-corrected chi connectivity index (χ1v) is 12.3. The van der Waals surface area contributed by atoms with E-state index in [9.17, 15) is 0 Å². The number of benzene rings is 1. The Morgan fingerprint density at radius 2 is 1.91 bits per heavy atom. The monoisotopic (exact) mass is 478 g/mol. The van der Waals surface area contributed by atoms with Gasteiger partial charge in [-0.1, -0.05) is 11.6 Å². The molecule has 1 spiro atoms. The van der Waals surface area contributed by atoms with Crippen LogP contribution in [0.1, 0.15) is 23.6 Å². The lowest BCUT2D eigenvalue weighted by atomic mass is 9.73. The zero-order valence-electron chi connectivity index (χ0n) is 19.2. The highest BCUT2D eigenvalue weighted by Crippen LogP contribution is 2.44. The first kappa shape index (κ1) is 20.6. The van der Waals surface area contributed by atoms with Crippen LogP contribution >= 0.6 is 11.6 Å². The van der Waals surface area contributed by atoms with E-state index in [0.717, 1.165) is 93.0 Å². The summed E-state index contributed by atoms with van der Waals surface area (Å²) in [5, 5.41) is 10.1. The molecule has 0 saturated carbocycles. The van der Waals surface area contributed by atoms with E-state index in [1.165, 1.54) is 5.56 Å². The molecule has 1 atom stereocenters. The maximum Gasteiger partial charge on any atom is 0.231 e. The second kappa shape index (κ2) is 7.63. The molecule has 0 amide bonds. The SMILES string of the molecule is Cc1nccc(N2CC3(C2)CN(c2nnc4n2-c2ccc(Cl)cc2CN([C@H]2CCOC2)C4)C3)n1. The Morgan fingerprint density at radius 3 is 2.71 bits per heavy atom. The molecule has 0 bridgehead atoms. The van der Waals surface area contributed by atoms with E-state index in [1.807, 2.05) is 25.3 Å². The normalized spacial score (nSPS) is 23.3. The Kier molecular flexibility index (Phi) is 4.62. The zero-order chi connectivity index (χ0) is 22.9. The van der Waals surface area contributed by atoms with Crippen molar-refractivity contribution in [3.63, 3.8) is 0 Å². The van der Waals surface area contributed by atoms with Crippen LogP contribution in [0.2, 0.25) is 5.02 Å². The molecule has 9 nitrogen and oxygen atoms in total. The molecule has 34 heavy (non-hydrogen) atoms. The van der Waals surface area contributed by atoms with Gasteiger partial charge in [0.05, 0.1) is 18.8 Å². The van der Waals surface area contributed by atoms with Crippen molar-refractivity contribution >= 4 is 23.4 Å². The van der Waals surface area contributed by atoms with Crippen LogP contribution in [0.5, 0.6) is 0 Å². The van der Waals surface area contributed by atoms with Crippen LogP contribution in [-0.4, -0.2) is 75.1 Å². The number of rotatable bonds is 3. The molecule has 0 radical (unpaired) electrons. The molecule has 7 rings (SSSR count). The third-order valence-electron chi connectivity index (χ3n) is 7.61. The Balaban J connectivity index is 1.14. The van der Waals surface area contributed by atoms with Gasteiger partial charge in [0.15, 0.2) is 5.82 Å². The first-order chi connectivity index (χ1) is 16.6. The van der Waals surface area contributed by atoms with Gasteiger partial charge in [-0.15, -0.1) is 10.2 Å². The number of hydrogen-bond donors (Lipinski definition) is 0. The summed E-state index contributed by atoms with van der Waals surface area (Å²) < 4.78 is 7.93. The summed E-state index contributed by atoms with van der Waals surface area (Å²) in [6, 6.07) is 8.56. The van der Waals surface area contributed by atoms with Crippen LogP contribution in [0.4, 0.5) is 11.8 Å². The molecule has 6 heterocycles. The van der Waals surface area contributed by atoms with Gasteiger partial charge in [-0.05, 0) is 43.2 Å². The van der Waals surface area contributed by atoms with Crippen molar-refractivity contribution in [1.29, 1.82) is 0 Å². The summed E-state index contributed by atoms with van der Waals surface area (Å²) in [6.45, 7) is 9.12. The van der Waals surface area contributed by atoms with E-state index in [4.69, 9.17) is 16.3 Å². The molecule has 10 heteroatoms. The van der Waals surface area contributed by atoms with Crippen molar-refractivity contribution in [1.82, 2.24) is 29.6 Å². The average molecular weight is 479 g/mol. The van der Waals surface area contributed by atoms with Gasteiger partial charge in [-0.2, -0.15) is 0 Å². The van der Waals surface area contributed by atoms with Crippen LogP contribution in [0.3, 0.4) is 0 Å². The van der Waals surface area contributed by atoms with Crippen molar-refractivity contribution in [2.24, 2.45) is 5.41 Å². The smallest absolute Gasteiger partial charge is 0.231 e. The molecule has 2 aromatic heterocycles. The van der Waals surface area contributed by atoms with Crippen LogP contribution in [0, 0.1) is 12.3 Å². The molecule has 0 N–H and O–H groups in total. The van der Waals surface area contributed by atoms with Crippen LogP contribution in [0.15, 0.2) is 30.5 Å². The minimum atomic E-state index is 0.298. The Labute approximate surface area is 203 Å². The summed E-state index contributed by atoms with van der Waals surface area (Å²) in [5.41, 5.74) is 2.64. The topological polar surface area (TPSA) is 75.4 Å². The number of aryl methyl sites for hydroxylation is 1. The molecule has 0 unspecified atom stereocenters. The van der Waals surface area contributed by atoms with Gasteiger partial charge in [-0.3, -0.25) is 9.47 Å². The fourth-order valence-electron chi connectivity index (χ4n) is 5.93. The van der Waals surface area contributed by atoms with Crippen molar-refractivity contribution < 1.29 is 4.74 Å². The highest BCUT2D eigenvalue weighted by molar-refractivity contribution is 6.30. The Bertz CT molecular complexity index is 1240. The minimum absolute atomic E-state index is 0.298. The van der Waals surface area contributed by atoms with Gasteiger partial charge in [-0.25, -0.2) is 9.97 Å². The second-order valence-electron chi connectivity index (χ2n) is 10.1. The second-order valence-corrected chi connectivity index (χ2v) is 10.6. The number of nitrogens with zero attached hydrogens (tertiary/aromatic N) is 8. The standard InChI is InChI=1S/C24H27ClN8O/c1-16-26-6-4-21(27-16)31-12-24(13-31)14-32(15-24)23-29-28-22-10-30(19-5-7-34-11-19)9-17-8-18(25)2-3-20(17)33(22)23/h2-4,6,8,19H,5,7,9-15H2,1H3/t19-/m0/s1. The first-order valence-electron chi connectivity index (χ1n) is 11.9. The minimum Gasteiger partial charge on any atom is -0.380 e. The molecular weight excluding hydrogens is 452 g/mol. The van der Waals surface area contributed by atoms with E-state index >= 15 is 0 Å². The molecule has 4 aliphatic rings. The predicted octanol–water partition coefficient (Wildman–Crippen LogP) is 2.45. The number of aromatic nitrogens is 5. The van der Waals surface area contributed by atoms with Gasteiger partial charge < -0.3 is 14.5 Å². The van der Waals surface area contributed by atoms with Gasteiger partial charge in [0, 0.05) is 62.0 Å². The summed E-state index contributed by atoms with van der Waals surface area (Å²) in [7, 11) is 0. The Morgan fingerprint density at radius 1 is 1.06 bits per heavy atom. The molecule has 3 fully saturated rings. The zero-order valence-corrected chi connectivity index (χ0v) is 19.9. The molecule has 0 aliphatic carbocycles. The van der Waals surface area contributed by atoms with E-state index in [0.29, 0.717) is 11.5 Å². The lowest BCUT2D eigenvalue weighted by Crippen LogP contribution is -2.73. The van der Waals surface area contributed by atoms with Crippen molar-refractivity contribution in [2.75, 3.05) is 49.2 Å². The predicted molar refractivity (Wildman–Crippen MR) is 128 cm³/mol. The quantitative estimate of drug-likeness (QED) is 0.568. The lowest BCUT2D eigenvalue weighted by Gasteiger charge is -2.60. The highest BCUT2D eigenvalue weighted by atomic mass is 35.5. The third kappa shape index (κ3) is 3.29. The van der Waals surface area contributed by atoms with Crippen molar-refractivity contribution in [2.45, 2.75) is 32.5 Å². The largest absolute Gasteiger partial charge is 0.380 e. The molecular formula is C24H27ClN8O. The van der Waals surface area contributed by atoms with Crippen LogP contribution < -0.4 is 9.80 Å². The number of anilines is 2. The number of hydrogen-bond acceptors (Lipinski definition) is 8. The van der Waals surface area contributed by atoms with Gasteiger partial charge >= 0.3 is 0 Å². The summed E-state index contributed by atoms with van der Waals surface area (Å²) in [4.78, 5) is 16.0. The maximum absolute atomic E-state index is 6.41. The van der Waals surface area contributed by atoms with Gasteiger partial charge in [0.25, 0.3) is 0 Å². The molecule has 3 saturated heterocycles. The molecule has 1 aromatic carbocycles. The summed E-state index contributed by atoms with van der Waals surface area (Å²) >= 11 is 6.41. The summed E-state index contributed by atoms with van der Waals surface area (Å²) in [5.74, 6) is 3.76. The van der Waals surface area contributed by atoms with Crippen molar-refractivity contribution in [3.05, 3.63) is 52.7 Å². The Hall–Kier alpha value is -2.75. The van der Waals surface area contributed by atoms with Crippen molar-refractivity contribution in [3.8, 4) is 5.69 Å². The maximum atomic E-state index is 6.41. The molecule has 3 aromatic rings. The van der Waals surface area contributed by atoms with E-state index in [1.54, 1.807) is 0 Å². The number of ether oxygens (including phenoxy) is 1. The molecule has 176 valence electrons. The van der Waals surface area contributed by atoms with E-state index in [2.05, 4.69) is 51.6 Å². The van der Waals surface area contributed by atoms with Gasteiger partial charge in [0.2, 0.25) is 5.95 Å². The third-order valence-corrected chi connectivity index (χ3v) is 7.84. The summed E-state index contributed by atoms with van der Waals surface area (Å²) in [6.07, 6.45) is 2.89. The average Bonchev–Trinajstić information content (AvgIpc) is 3.40. The van der Waals surface area contributed by atoms with Crippen LogP contribution in [0.25, 0.3) is 5.69 Å². The van der Waals surface area contributed by atoms with E-state index < -0.39 is 0 Å². The van der Waals surface area contributed by atoms with Gasteiger partial charge in [0.1, 0.15) is 11.6 Å². The van der Waals surface area contributed by atoms with E-state index in [-0.39, 0.29) is 0 Å².